The highest BCUT2D eigenvalue weighted by Crippen LogP contribution is 2.51. The van der Waals surface area contributed by atoms with Crippen LogP contribution in [0, 0.1) is 17.8 Å². The third-order valence-corrected chi connectivity index (χ3v) is 9.49. The van der Waals surface area contributed by atoms with E-state index in [-0.39, 0.29) is 30.4 Å². The predicted octanol–water partition coefficient (Wildman–Crippen LogP) is 7.00. The van der Waals surface area contributed by atoms with Crippen LogP contribution in [0.2, 0.25) is 0 Å². The van der Waals surface area contributed by atoms with Crippen LogP contribution in [0.1, 0.15) is 36.3 Å². The number of carbonyl (C=O) groups is 2. The number of nitrogens with zero attached hydrogens (tertiary/aromatic N) is 1. The molecule has 240 valence electrons. The number of aliphatic hydroxyl groups is 1. The largest absolute Gasteiger partial charge is 0.459 e. The molecule has 8 heteroatoms. The zero-order valence-corrected chi connectivity index (χ0v) is 26.3. The maximum Gasteiger partial charge on any atom is 0.238 e. The summed E-state index contributed by atoms with van der Waals surface area (Å²) in [5, 5.41) is 12.8. The van der Waals surface area contributed by atoms with Crippen LogP contribution in [0.25, 0.3) is 11.6 Å². The molecule has 8 nitrogen and oxygen atoms in total. The van der Waals surface area contributed by atoms with E-state index in [4.69, 9.17) is 13.9 Å². The molecular weight excluding hydrogens is 592 g/mol. The van der Waals surface area contributed by atoms with Crippen LogP contribution < -0.4 is 10.2 Å². The molecule has 3 aromatic carbocycles. The third-order valence-electron chi connectivity index (χ3n) is 9.49. The molecule has 7 rings (SSSR count). The predicted molar refractivity (Wildman–Crippen MR) is 181 cm³/mol. The second kappa shape index (κ2) is 13.5. The van der Waals surface area contributed by atoms with Gasteiger partial charge in [0.25, 0.3) is 0 Å². The van der Waals surface area contributed by atoms with Crippen LogP contribution in [0.15, 0.2) is 113 Å². The highest BCUT2D eigenvalue weighted by molar-refractivity contribution is 6.22. The lowest BCUT2D eigenvalue weighted by Gasteiger charge is -2.31. The minimum atomic E-state index is -0.464. The molecule has 0 radical (unpaired) electrons. The maximum absolute atomic E-state index is 14.1. The van der Waals surface area contributed by atoms with Crippen molar-refractivity contribution in [2.45, 2.75) is 32.0 Å². The number of ether oxygens (including phenoxy) is 2. The van der Waals surface area contributed by atoms with Gasteiger partial charge in [0, 0.05) is 24.4 Å². The number of rotatable bonds is 11. The molecule has 3 heterocycles. The molecule has 4 aromatic rings. The van der Waals surface area contributed by atoms with Crippen molar-refractivity contribution in [2.75, 3.05) is 30.5 Å². The van der Waals surface area contributed by atoms with Crippen LogP contribution in [0.4, 0.5) is 17.1 Å². The number of methoxy groups -OCH3 is 1. The summed E-state index contributed by atoms with van der Waals surface area (Å²) in [4.78, 5) is 29.3. The molecule has 0 spiro atoms. The number of aliphatic hydroxyl groups excluding tert-OH is 1. The smallest absolute Gasteiger partial charge is 0.238 e. The van der Waals surface area contributed by atoms with Gasteiger partial charge in [-0.3, -0.25) is 14.5 Å². The minimum absolute atomic E-state index is 0.153. The Hall–Kier alpha value is -4.76. The summed E-state index contributed by atoms with van der Waals surface area (Å²) in [6, 6.07) is 31.1. The molecule has 4 atom stereocenters. The maximum atomic E-state index is 14.1. The van der Waals surface area contributed by atoms with E-state index in [1.807, 2.05) is 84.9 Å². The van der Waals surface area contributed by atoms with E-state index in [1.165, 1.54) is 4.90 Å². The number of amides is 2. The molecule has 0 saturated carbocycles. The SMILES string of the molecule is COCC1=C2[C@@H](CC/C(=C/c3ccc(CO)o3)c3ccccc3)OC[C@@H]2[C@@H]2C(=O)N(c3ccc(Nc4ccccc4)cc3)C(=O)[C@@H]2C1. The fraction of sp³-hybridized carbons (Fsp3) is 0.282. The average molecular weight is 631 g/mol. The summed E-state index contributed by atoms with van der Waals surface area (Å²) in [7, 11) is 1.67. The van der Waals surface area contributed by atoms with Gasteiger partial charge in [-0.1, -0.05) is 48.5 Å². The van der Waals surface area contributed by atoms with E-state index >= 15 is 0 Å². The number of nitrogens with one attached hydrogen (secondary N) is 1. The van der Waals surface area contributed by atoms with E-state index in [0.717, 1.165) is 33.7 Å². The fourth-order valence-electron chi connectivity index (χ4n) is 7.38. The number of imide groups is 1. The van der Waals surface area contributed by atoms with Crippen molar-refractivity contribution >= 4 is 40.5 Å². The Labute approximate surface area is 274 Å². The van der Waals surface area contributed by atoms with E-state index < -0.39 is 11.8 Å². The Morgan fingerprint density at radius 3 is 2.34 bits per heavy atom. The molecule has 2 fully saturated rings. The van der Waals surface area contributed by atoms with Crippen LogP contribution in [0.5, 0.6) is 0 Å². The molecule has 0 bridgehead atoms. The summed E-state index contributed by atoms with van der Waals surface area (Å²) in [6.07, 6.45) is 3.71. The molecule has 1 aromatic heterocycles. The van der Waals surface area contributed by atoms with Gasteiger partial charge in [0.15, 0.2) is 0 Å². The van der Waals surface area contributed by atoms with E-state index in [9.17, 15) is 14.7 Å². The number of fused-ring (bicyclic) bond motifs is 3. The monoisotopic (exact) mass is 630 g/mol. The molecule has 0 unspecified atom stereocenters. The van der Waals surface area contributed by atoms with Crippen molar-refractivity contribution in [3.63, 3.8) is 0 Å². The van der Waals surface area contributed by atoms with Crippen LogP contribution >= 0.6 is 0 Å². The summed E-state index contributed by atoms with van der Waals surface area (Å²) < 4.78 is 17.9. The first kappa shape index (κ1) is 30.9. The standard InChI is InChI=1S/C39H38N2O6/c1-45-23-27-21-33-37(39(44)41(38(33)43)30-15-13-29(14-16-30)40-28-10-6-3-7-11-28)34-24-46-35(36(27)34)19-12-26(25-8-4-2-5-9-25)20-31-17-18-32(22-42)47-31/h2-11,13-18,20,33-35,37,40,42H,12,19,21-24H2,1H3/b26-20-/t33-,34+,35-,37-/m1/s1. The Morgan fingerprint density at radius 1 is 0.915 bits per heavy atom. The number of hydrogen-bond acceptors (Lipinski definition) is 7. The first-order chi connectivity index (χ1) is 23.0. The van der Waals surface area contributed by atoms with E-state index in [1.54, 1.807) is 13.2 Å². The van der Waals surface area contributed by atoms with Crippen molar-refractivity contribution in [3.8, 4) is 0 Å². The highest BCUT2D eigenvalue weighted by Gasteiger charge is 2.57. The zero-order chi connectivity index (χ0) is 32.3. The van der Waals surface area contributed by atoms with Gasteiger partial charge in [0.1, 0.15) is 18.1 Å². The lowest BCUT2D eigenvalue weighted by molar-refractivity contribution is -0.122. The number of furan rings is 1. The second-order valence-corrected chi connectivity index (χ2v) is 12.3. The molecule has 2 aliphatic heterocycles. The Balaban J connectivity index is 1.11. The van der Waals surface area contributed by atoms with Gasteiger partial charge in [0.05, 0.1) is 36.8 Å². The van der Waals surface area contributed by atoms with E-state index in [2.05, 4.69) is 17.4 Å². The topological polar surface area (TPSA) is 101 Å². The summed E-state index contributed by atoms with van der Waals surface area (Å²) in [6.45, 7) is 0.636. The van der Waals surface area contributed by atoms with Crippen molar-refractivity contribution in [1.29, 1.82) is 0 Å². The number of para-hydroxylation sites is 1. The quantitative estimate of drug-likeness (QED) is 0.136. The fourth-order valence-corrected chi connectivity index (χ4v) is 7.38. The first-order valence-electron chi connectivity index (χ1n) is 16.1. The lowest BCUT2D eigenvalue weighted by Crippen LogP contribution is -2.35. The van der Waals surface area contributed by atoms with Crippen molar-refractivity contribution in [3.05, 3.63) is 125 Å². The van der Waals surface area contributed by atoms with Gasteiger partial charge >= 0.3 is 0 Å². The van der Waals surface area contributed by atoms with Gasteiger partial charge in [0.2, 0.25) is 11.8 Å². The molecule has 47 heavy (non-hydrogen) atoms. The molecule has 3 aliphatic rings. The average Bonchev–Trinajstić information content (AvgIpc) is 3.81. The number of hydrogen-bond donors (Lipinski definition) is 2. The summed E-state index contributed by atoms with van der Waals surface area (Å²) in [5.41, 5.74) is 6.77. The van der Waals surface area contributed by atoms with Crippen LogP contribution in [-0.4, -0.2) is 43.3 Å². The van der Waals surface area contributed by atoms with Gasteiger partial charge in [-0.2, -0.15) is 0 Å². The summed E-state index contributed by atoms with van der Waals surface area (Å²) in [5.74, 6) is -0.201. The third kappa shape index (κ3) is 6.20. The zero-order valence-electron chi connectivity index (χ0n) is 26.3. The summed E-state index contributed by atoms with van der Waals surface area (Å²) >= 11 is 0. The van der Waals surface area contributed by atoms with Crippen molar-refractivity contribution < 1.29 is 28.6 Å². The second-order valence-electron chi connectivity index (χ2n) is 12.3. The van der Waals surface area contributed by atoms with Crippen LogP contribution in [-0.2, 0) is 25.7 Å². The molecule has 2 amide bonds. The van der Waals surface area contributed by atoms with E-state index in [0.29, 0.717) is 49.7 Å². The molecule has 1 aliphatic carbocycles. The Morgan fingerprint density at radius 2 is 1.64 bits per heavy atom. The number of carbonyl (C=O) groups excluding carboxylic acids is 2. The minimum Gasteiger partial charge on any atom is -0.459 e. The lowest BCUT2D eigenvalue weighted by atomic mass is 9.69. The molecule has 2 saturated heterocycles. The van der Waals surface area contributed by atoms with Gasteiger partial charge in [-0.15, -0.1) is 0 Å². The Bertz CT molecular complexity index is 1790. The molecule has 2 N–H and O–H groups in total. The Kier molecular flexibility index (Phi) is 8.89. The highest BCUT2D eigenvalue weighted by atomic mass is 16.5. The van der Waals surface area contributed by atoms with Gasteiger partial charge < -0.3 is 24.3 Å². The van der Waals surface area contributed by atoms with Crippen molar-refractivity contribution in [1.82, 2.24) is 0 Å². The number of allylic oxidation sites excluding steroid dienone is 1. The normalized spacial score (nSPS) is 22.5. The van der Waals surface area contributed by atoms with Gasteiger partial charge in [-0.05, 0) is 96.2 Å². The van der Waals surface area contributed by atoms with Crippen molar-refractivity contribution in [2.24, 2.45) is 17.8 Å². The number of benzene rings is 3. The first-order valence-corrected chi connectivity index (χ1v) is 16.1. The number of anilines is 3. The molecular formula is C39H38N2O6. The van der Waals surface area contributed by atoms with Crippen LogP contribution in [0.3, 0.4) is 0 Å². The van der Waals surface area contributed by atoms with Gasteiger partial charge in [-0.25, -0.2) is 0 Å².